The Hall–Kier alpha value is -6.84. The molecule has 0 amide bonds. The highest BCUT2D eigenvalue weighted by molar-refractivity contribution is 5.73. The standard InChI is InChI=1S/C68H80N16/c1-9-69-25-21-40-42-49-44-51-46-53-48-54-47-52-45-50-43-41(22-26-70(10-2)63(43)72(12-4)65(45)74(14-6)67(47)76(16-8)68(48)75(15-7)66(46)73(13-5)64(44)71(11-3)62(42)69)78-24-18-20-34-28-36-30-38-32-39-31-37-29-35-27-33-19-17-23-77(40)55(33)79(49)57(35)81(51)59(37)83(53)61(39)84(54)60(38)82(52)58(36)80(50)56(34)78/h40-41,49-54H,9-32H2,1-8H3. The van der Waals surface area contributed by atoms with Crippen LogP contribution >= 0.6 is 0 Å². The first-order valence-corrected chi connectivity index (χ1v) is 34.1. The van der Waals surface area contributed by atoms with Gasteiger partial charge in [0.05, 0.1) is 48.3 Å². The van der Waals surface area contributed by atoms with Crippen molar-refractivity contribution in [2.24, 2.45) is 0 Å². The van der Waals surface area contributed by atoms with Crippen LogP contribution in [0.15, 0.2) is 160 Å². The third kappa shape index (κ3) is 4.27. The molecular formula is C68H80N16. The average molecular weight is 1120 g/mol. The topological polar surface area (TPSA) is 51.8 Å². The van der Waals surface area contributed by atoms with Gasteiger partial charge in [-0.1, -0.05) is 0 Å². The van der Waals surface area contributed by atoms with Gasteiger partial charge in [0.25, 0.3) is 0 Å². The average Bonchev–Trinajstić information content (AvgIpc) is 0.659. The predicted octanol–water partition coefficient (Wildman–Crippen LogP) is 7.88. The van der Waals surface area contributed by atoms with Crippen molar-refractivity contribution in [3.63, 3.8) is 0 Å². The van der Waals surface area contributed by atoms with Crippen LogP contribution < -0.4 is 0 Å². The summed E-state index contributed by atoms with van der Waals surface area (Å²) in [5.74, 6) is 21.6. The van der Waals surface area contributed by atoms with E-state index in [9.17, 15) is 0 Å². The lowest BCUT2D eigenvalue weighted by atomic mass is 9.63. The minimum Gasteiger partial charge on any atom is -0.358 e. The van der Waals surface area contributed by atoms with Crippen LogP contribution in [0, 0.1) is 0 Å². The van der Waals surface area contributed by atoms with Crippen molar-refractivity contribution in [1.29, 1.82) is 0 Å². The predicted molar refractivity (Wildman–Crippen MR) is 317 cm³/mol. The Bertz CT molecular complexity index is 3690. The molecular weight excluding hydrogens is 1040 g/mol. The molecule has 0 saturated carbocycles. The van der Waals surface area contributed by atoms with E-state index >= 15 is 0 Å². The molecule has 23 aliphatic rings. The molecule has 432 valence electrons. The summed E-state index contributed by atoms with van der Waals surface area (Å²) in [5, 5.41) is 0. The summed E-state index contributed by atoms with van der Waals surface area (Å²) in [5.41, 5.74) is 23.9. The van der Waals surface area contributed by atoms with Crippen molar-refractivity contribution < 1.29 is 0 Å². The van der Waals surface area contributed by atoms with Crippen LogP contribution in [0.5, 0.6) is 0 Å². The summed E-state index contributed by atoms with van der Waals surface area (Å²) in [7, 11) is 0. The number of hydrogen-bond donors (Lipinski definition) is 0. The van der Waals surface area contributed by atoms with Gasteiger partial charge in [-0.05, 0) is 171 Å². The lowest BCUT2D eigenvalue weighted by Gasteiger charge is -2.75. The number of rotatable bonds is 8. The molecule has 0 radical (unpaired) electrons. The largest absolute Gasteiger partial charge is 0.358 e. The van der Waals surface area contributed by atoms with Gasteiger partial charge in [0.15, 0.2) is 0 Å². The van der Waals surface area contributed by atoms with Crippen LogP contribution in [-0.2, 0) is 0 Å². The van der Waals surface area contributed by atoms with E-state index in [0.717, 1.165) is 104 Å². The van der Waals surface area contributed by atoms with Crippen LogP contribution in [0.1, 0.15) is 132 Å². The second kappa shape index (κ2) is 14.3. The second-order valence-corrected chi connectivity index (χ2v) is 28.5. The lowest BCUT2D eigenvalue weighted by Crippen LogP contribution is -2.79. The lowest BCUT2D eigenvalue weighted by molar-refractivity contribution is -0.0382. The number of allylic oxidation sites excluding steroid dienone is 7. The van der Waals surface area contributed by atoms with Gasteiger partial charge >= 0.3 is 0 Å². The monoisotopic (exact) mass is 1120 g/mol. The molecule has 0 aromatic carbocycles. The Morgan fingerprint density at radius 2 is 0.524 bits per heavy atom. The van der Waals surface area contributed by atoms with E-state index in [0.29, 0.717) is 12.1 Å². The van der Waals surface area contributed by atoms with E-state index in [-0.39, 0.29) is 36.3 Å². The van der Waals surface area contributed by atoms with Gasteiger partial charge in [0, 0.05) is 118 Å². The zero-order chi connectivity index (χ0) is 55.0. The van der Waals surface area contributed by atoms with Crippen LogP contribution in [-0.4, -0.2) is 205 Å². The third-order valence-corrected chi connectivity index (χ3v) is 25.8. The number of fused-ring (bicyclic) bond motifs is 2. The van der Waals surface area contributed by atoms with Crippen LogP contribution in [0.4, 0.5) is 0 Å². The first kappa shape index (κ1) is 45.5. The maximum Gasteiger partial charge on any atom is 0.119 e. The highest BCUT2D eigenvalue weighted by atomic mass is 15.7. The smallest absolute Gasteiger partial charge is 0.119 e. The molecule has 16 nitrogen and oxygen atoms in total. The summed E-state index contributed by atoms with van der Waals surface area (Å²) < 4.78 is 0. The van der Waals surface area contributed by atoms with Gasteiger partial charge in [0.1, 0.15) is 81.5 Å². The highest BCUT2D eigenvalue weighted by Gasteiger charge is 2.74. The molecule has 23 heterocycles. The molecule has 7 saturated heterocycles. The molecule has 16 heteroatoms. The number of nitrogens with zero attached hydrogens (tertiary/aromatic N) is 16. The molecule has 23 rings (SSSR count). The van der Waals surface area contributed by atoms with Crippen molar-refractivity contribution in [2.45, 2.75) is 181 Å². The summed E-state index contributed by atoms with van der Waals surface area (Å²) in [6.45, 7) is 32.2. The quantitative estimate of drug-likeness (QED) is 0.237. The summed E-state index contributed by atoms with van der Waals surface area (Å²) in [4.78, 5) is 47.7. The fraction of sp³-hybridized carbons (Fsp3) is 0.588. The Morgan fingerprint density at radius 1 is 0.262 bits per heavy atom. The fourth-order valence-corrected chi connectivity index (χ4v) is 23.9. The highest BCUT2D eigenvalue weighted by Crippen LogP contribution is 2.73. The molecule has 7 fully saturated rings. The van der Waals surface area contributed by atoms with E-state index in [2.05, 4.69) is 134 Å². The summed E-state index contributed by atoms with van der Waals surface area (Å²) >= 11 is 0. The first-order chi connectivity index (χ1) is 41.4. The molecule has 0 spiro atoms. The normalized spacial score (nSPS) is 35.1. The maximum atomic E-state index is 3.11. The van der Waals surface area contributed by atoms with Crippen molar-refractivity contribution in [3.05, 3.63) is 160 Å². The van der Waals surface area contributed by atoms with Crippen molar-refractivity contribution in [2.75, 3.05) is 78.5 Å². The summed E-state index contributed by atoms with van der Waals surface area (Å²) in [6, 6.07) is 1.84. The fourth-order valence-electron chi connectivity index (χ4n) is 23.9. The number of hydrogen-bond acceptors (Lipinski definition) is 16. The van der Waals surface area contributed by atoms with E-state index in [4.69, 9.17) is 0 Å². The van der Waals surface area contributed by atoms with Crippen LogP contribution in [0.3, 0.4) is 0 Å². The minimum atomic E-state index is 0.113. The van der Waals surface area contributed by atoms with Crippen LogP contribution in [0.2, 0.25) is 0 Å². The van der Waals surface area contributed by atoms with E-state index in [1.807, 2.05) is 0 Å². The molecule has 0 aromatic rings. The third-order valence-electron chi connectivity index (χ3n) is 25.8. The Balaban J connectivity index is 0.822. The van der Waals surface area contributed by atoms with E-state index in [1.54, 1.807) is 130 Å². The minimum absolute atomic E-state index is 0.113. The molecule has 0 N–H and O–H groups in total. The van der Waals surface area contributed by atoms with Crippen LogP contribution in [0.25, 0.3) is 0 Å². The Kier molecular flexibility index (Phi) is 7.77. The van der Waals surface area contributed by atoms with Gasteiger partial charge in [0.2, 0.25) is 0 Å². The van der Waals surface area contributed by atoms with Gasteiger partial charge < -0.3 is 78.4 Å². The zero-order valence-corrected chi connectivity index (χ0v) is 50.7. The molecule has 8 unspecified atom stereocenters. The molecule has 0 aromatic heterocycles. The second-order valence-electron chi connectivity index (χ2n) is 28.5. The first-order valence-electron chi connectivity index (χ1n) is 34.1. The van der Waals surface area contributed by atoms with Crippen molar-refractivity contribution in [1.82, 2.24) is 78.4 Å². The molecule has 8 atom stereocenters. The van der Waals surface area contributed by atoms with E-state index < -0.39 is 0 Å². The van der Waals surface area contributed by atoms with Gasteiger partial charge in [-0.25, -0.2) is 0 Å². The maximum absolute atomic E-state index is 3.11. The molecule has 23 aliphatic heterocycles. The van der Waals surface area contributed by atoms with Crippen molar-refractivity contribution in [3.8, 4) is 0 Å². The Labute approximate surface area is 495 Å². The van der Waals surface area contributed by atoms with Gasteiger partial charge in [-0.3, -0.25) is 0 Å². The SMILES string of the molecule is CCN1CCC2C3=C1N(CC)C1=C4C3N3C5=C(CCCN52)CC2=C3N3C5=C(C2)CC2=C6N5C5C(=C(N1CC)N(CC)C1=C5C5C7=C(N(CC)C8=C9C%10C%11=C(N(CC)CCC%11N%11CCCC%12=C%11N%10C%10=C(C%12)CC(=C(N%10C97)N65)C2)N8CC)N1CC)C43. The van der Waals surface area contributed by atoms with Gasteiger partial charge in [-0.15, -0.1) is 0 Å². The zero-order valence-electron chi connectivity index (χ0n) is 50.7. The molecule has 84 heavy (non-hydrogen) atoms. The molecule has 0 aliphatic carbocycles. The van der Waals surface area contributed by atoms with E-state index in [1.165, 1.54) is 80.7 Å². The van der Waals surface area contributed by atoms with Gasteiger partial charge in [-0.2, -0.15) is 0 Å². The molecule has 0 bridgehead atoms. The Morgan fingerprint density at radius 3 is 0.810 bits per heavy atom. The van der Waals surface area contributed by atoms with Crippen molar-refractivity contribution >= 4 is 0 Å². The summed E-state index contributed by atoms with van der Waals surface area (Å²) in [6.07, 6.45) is 14.1.